The van der Waals surface area contributed by atoms with Crippen molar-refractivity contribution in [3.05, 3.63) is 64.1 Å². The van der Waals surface area contributed by atoms with Gasteiger partial charge in [0.1, 0.15) is 0 Å². The van der Waals surface area contributed by atoms with Gasteiger partial charge in [-0.2, -0.15) is 4.31 Å². The Kier molecular flexibility index (Phi) is 6.71. The number of nitrogens with one attached hydrogen (secondary N) is 2. The van der Waals surface area contributed by atoms with Gasteiger partial charge in [0.05, 0.1) is 16.4 Å². The summed E-state index contributed by atoms with van der Waals surface area (Å²) in [5.74, 6) is -1.40. The minimum Gasteiger partial charge on any atom is -0.273 e. The molecule has 1 atom stereocenters. The van der Waals surface area contributed by atoms with Gasteiger partial charge in [-0.3, -0.25) is 20.4 Å². The number of piperidine rings is 1. The molecule has 1 heterocycles. The predicted octanol–water partition coefficient (Wildman–Crippen LogP) is 2.62. The van der Waals surface area contributed by atoms with Crippen LogP contribution in [0.2, 0.25) is 0 Å². The Morgan fingerprint density at radius 3 is 2.45 bits per heavy atom. The second-order valence-electron chi connectivity index (χ2n) is 6.94. The van der Waals surface area contributed by atoms with Crippen LogP contribution in [0, 0.1) is 12.8 Å². The molecule has 154 valence electrons. The Morgan fingerprint density at radius 2 is 1.76 bits per heavy atom. The lowest BCUT2D eigenvalue weighted by Gasteiger charge is -2.31. The number of hydrogen-bond donors (Lipinski definition) is 2. The molecule has 0 aliphatic carbocycles. The van der Waals surface area contributed by atoms with Crippen LogP contribution in [0.3, 0.4) is 0 Å². The number of hydrogen-bond acceptors (Lipinski definition) is 4. The van der Waals surface area contributed by atoms with E-state index in [0.717, 1.165) is 5.56 Å². The Hall–Kier alpha value is -2.23. The van der Waals surface area contributed by atoms with Gasteiger partial charge in [0, 0.05) is 17.6 Å². The molecule has 3 rings (SSSR count). The number of sulfonamides is 1. The van der Waals surface area contributed by atoms with Gasteiger partial charge in [0.25, 0.3) is 5.91 Å². The minimum atomic E-state index is -3.67. The molecule has 29 heavy (non-hydrogen) atoms. The van der Waals surface area contributed by atoms with Crippen LogP contribution in [0.15, 0.2) is 57.9 Å². The maximum absolute atomic E-state index is 12.9. The number of amides is 2. The van der Waals surface area contributed by atoms with Crippen LogP contribution in [0.25, 0.3) is 0 Å². The van der Waals surface area contributed by atoms with Crippen molar-refractivity contribution >= 4 is 37.8 Å². The fraction of sp³-hybridized carbons (Fsp3) is 0.300. The van der Waals surface area contributed by atoms with Gasteiger partial charge in [-0.05, 0) is 60.0 Å². The van der Waals surface area contributed by atoms with E-state index < -0.39 is 27.8 Å². The molecular weight excluding hydrogens is 458 g/mol. The molecule has 1 fully saturated rings. The summed E-state index contributed by atoms with van der Waals surface area (Å²) in [5.41, 5.74) is 6.17. The first-order chi connectivity index (χ1) is 13.8. The van der Waals surface area contributed by atoms with Gasteiger partial charge in [-0.1, -0.05) is 29.8 Å². The Balaban J connectivity index is 1.63. The van der Waals surface area contributed by atoms with Crippen molar-refractivity contribution < 1.29 is 18.0 Å². The number of nitrogens with zero attached hydrogens (tertiary/aromatic N) is 1. The topological polar surface area (TPSA) is 95.6 Å². The highest BCUT2D eigenvalue weighted by Crippen LogP contribution is 2.24. The standard InChI is InChI=1S/C20H22BrN3O4S/c1-14-8-10-16(11-9-14)29(27,28)24-12-4-5-15(13-24)19(25)22-23-20(26)17-6-2-3-7-18(17)21/h2-3,6-11,15H,4-5,12-13H2,1H3,(H,22,25)(H,23,26)/t15-/m0/s1. The van der Waals surface area contributed by atoms with Gasteiger partial charge in [0.15, 0.2) is 0 Å². The molecule has 2 amide bonds. The zero-order valence-electron chi connectivity index (χ0n) is 15.9. The van der Waals surface area contributed by atoms with Crippen LogP contribution in [0.1, 0.15) is 28.8 Å². The van der Waals surface area contributed by atoms with Gasteiger partial charge in [0.2, 0.25) is 15.9 Å². The number of carbonyl (C=O) groups excluding carboxylic acids is 2. The molecule has 0 unspecified atom stereocenters. The zero-order chi connectivity index (χ0) is 21.0. The van der Waals surface area contributed by atoms with Crippen molar-refractivity contribution in [2.24, 2.45) is 5.92 Å². The van der Waals surface area contributed by atoms with E-state index in [2.05, 4.69) is 26.8 Å². The monoisotopic (exact) mass is 479 g/mol. The van der Waals surface area contributed by atoms with Crippen LogP contribution in [-0.4, -0.2) is 37.6 Å². The molecular formula is C20H22BrN3O4S. The molecule has 0 aromatic heterocycles. The molecule has 0 saturated carbocycles. The van der Waals surface area contributed by atoms with Gasteiger partial charge in [-0.25, -0.2) is 8.42 Å². The Labute approximate surface area is 178 Å². The molecule has 9 heteroatoms. The molecule has 7 nitrogen and oxygen atoms in total. The predicted molar refractivity (Wildman–Crippen MR) is 112 cm³/mol. The van der Waals surface area contributed by atoms with E-state index in [1.54, 1.807) is 48.5 Å². The number of hydrazine groups is 1. The molecule has 2 N–H and O–H groups in total. The minimum absolute atomic E-state index is 0.0763. The number of carbonyl (C=O) groups is 2. The summed E-state index contributed by atoms with van der Waals surface area (Å²) >= 11 is 3.29. The van der Waals surface area contributed by atoms with E-state index in [9.17, 15) is 18.0 Å². The summed E-state index contributed by atoms with van der Waals surface area (Å²) in [5, 5.41) is 0. The van der Waals surface area contributed by atoms with E-state index >= 15 is 0 Å². The molecule has 0 spiro atoms. The molecule has 0 radical (unpaired) electrons. The largest absolute Gasteiger partial charge is 0.273 e. The highest BCUT2D eigenvalue weighted by molar-refractivity contribution is 9.10. The van der Waals surface area contributed by atoms with Crippen LogP contribution >= 0.6 is 15.9 Å². The average Bonchev–Trinajstić information content (AvgIpc) is 2.72. The third kappa shape index (κ3) is 5.04. The van der Waals surface area contributed by atoms with Crippen LogP contribution in [0.5, 0.6) is 0 Å². The summed E-state index contributed by atoms with van der Waals surface area (Å²) in [7, 11) is -3.67. The van der Waals surface area contributed by atoms with Crippen molar-refractivity contribution in [2.75, 3.05) is 13.1 Å². The molecule has 2 aromatic carbocycles. The van der Waals surface area contributed by atoms with Crippen molar-refractivity contribution in [3.8, 4) is 0 Å². The fourth-order valence-corrected chi connectivity index (χ4v) is 5.16. The highest BCUT2D eigenvalue weighted by Gasteiger charge is 2.33. The first-order valence-electron chi connectivity index (χ1n) is 9.20. The highest BCUT2D eigenvalue weighted by atomic mass is 79.9. The smallest absolute Gasteiger partial charge is 0.270 e. The first-order valence-corrected chi connectivity index (χ1v) is 11.4. The second-order valence-corrected chi connectivity index (χ2v) is 9.73. The van der Waals surface area contributed by atoms with Crippen LogP contribution in [0.4, 0.5) is 0 Å². The third-order valence-corrected chi connectivity index (χ3v) is 7.40. The quantitative estimate of drug-likeness (QED) is 0.658. The maximum atomic E-state index is 12.9. The molecule has 1 aliphatic rings. The van der Waals surface area contributed by atoms with Gasteiger partial charge < -0.3 is 0 Å². The summed E-state index contributed by atoms with van der Waals surface area (Å²) in [6, 6.07) is 13.5. The van der Waals surface area contributed by atoms with E-state index in [1.165, 1.54) is 4.31 Å². The Morgan fingerprint density at radius 1 is 1.07 bits per heavy atom. The molecule has 1 saturated heterocycles. The Bertz CT molecular complexity index is 1010. The van der Waals surface area contributed by atoms with Gasteiger partial charge >= 0.3 is 0 Å². The molecule has 0 bridgehead atoms. The average molecular weight is 480 g/mol. The second kappa shape index (κ2) is 9.06. The van der Waals surface area contributed by atoms with Crippen molar-refractivity contribution in [2.45, 2.75) is 24.7 Å². The van der Waals surface area contributed by atoms with Crippen LogP contribution < -0.4 is 10.9 Å². The van der Waals surface area contributed by atoms with Crippen LogP contribution in [-0.2, 0) is 14.8 Å². The SMILES string of the molecule is Cc1ccc(S(=O)(=O)N2CCC[C@H](C(=O)NNC(=O)c3ccccc3Br)C2)cc1. The van der Waals surface area contributed by atoms with E-state index in [4.69, 9.17) is 0 Å². The van der Waals surface area contributed by atoms with E-state index in [-0.39, 0.29) is 11.4 Å². The lowest BCUT2D eigenvalue weighted by Crippen LogP contribution is -2.50. The number of benzene rings is 2. The number of rotatable bonds is 4. The first kappa shape index (κ1) is 21.5. The van der Waals surface area contributed by atoms with E-state index in [0.29, 0.717) is 29.4 Å². The van der Waals surface area contributed by atoms with Crippen molar-refractivity contribution in [1.29, 1.82) is 0 Å². The number of aryl methyl sites for hydroxylation is 1. The summed E-state index contributed by atoms with van der Waals surface area (Å²) < 4.78 is 27.7. The van der Waals surface area contributed by atoms with E-state index in [1.807, 2.05) is 6.92 Å². The maximum Gasteiger partial charge on any atom is 0.270 e. The molecule has 1 aliphatic heterocycles. The van der Waals surface area contributed by atoms with Crippen molar-refractivity contribution in [1.82, 2.24) is 15.2 Å². The fourth-order valence-electron chi connectivity index (χ4n) is 3.17. The van der Waals surface area contributed by atoms with Gasteiger partial charge in [-0.15, -0.1) is 0 Å². The normalized spacial score (nSPS) is 17.5. The summed E-state index contributed by atoms with van der Waals surface area (Å²) in [4.78, 5) is 25.0. The molecule has 2 aromatic rings. The third-order valence-electron chi connectivity index (χ3n) is 4.83. The lowest BCUT2D eigenvalue weighted by atomic mass is 9.99. The van der Waals surface area contributed by atoms with Crippen molar-refractivity contribution in [3.63, 3.8) is 0 Å². The summed E-state index contributed by atoms with van der Waals surface area (Å²) in [6.07, 6.45) is 1.12. The number of halogens is 1. The summed E-state index contributed by atoms with van der Waals surface area (Å²) in [6.45, 7) is 2.33. The zero-order valence-corrected chi connectivity index (χ0v) is 18.3. The lowest BCUT2D eigenvalue weighted by molar-refractivity contribution is -0.126.